The molecule has 0 saturated heterocycles. The lowest BCUT2D eigenvalue weighted by atomic mass is 9.96. The Labute approximate surface area is 137 Å². The molecule has 0 amide bonds. The molecular weight excluding hydrogens is 292 g/mol. The van der Waals surface area contributed by atoms with Gasteiger partial charge in [-0.3, -0.25) is 0 Å². The first-order valence-electron chi connectivity index (χ1n) is 8.63. The number of rotatable bonds is 0. The van der Waals surface area contributed by atoms with E-state index < -0.39 is 0 Å². The Bertz CT molecular complexity index is 670. The fourth-order valence-corrected chi connectivity index (χ4v) is 4.05. The average molecular weight is 315 g/mol. The second-order valence-corrected chi connectivity index (χ2v) is 7.33. The number of benzene rings is 1. The predicted molar refractivity (Wildman–Crippen MR) is 91.4 cm³/mol. The molecule has 1 saturated carbocycles. The Morgan fingerprint density at radius 1 is 0.955 bits per heavy atom. The number of aromatic nitrogens is 2. The number of H-pyrrole nitrogens is 1. The highest BCUT2D eigenvalue weighted by Crippen LogP contribution is 2.52. The summed E-state index contributed by atoms with van der Waals surface area (Å²) in [5, 5.41) is 0.714. The van der Waals surface area contributed by atoms with Gasteiger partial charge in [0.2, 0.25) is 0 Å². The number of nitrogens with zero attached hydrogens (tertiary/aromatic N) is 1. The van der Waals surface area contributed by atoms with Crippen molar-refractivity contribution in [2.24, 2.45) is 0 Å². The summed E-state index contributed by atoms with van der Waals surface area (Å²) in [6.45, 7) is 0. The second-order valence-electron chi connectivity index (χ2n) is 6.95. The molecule has 1 aromatic carbocycles. The van der Waals surface area contributed by atoms with Gasteiger partial charge in [-0.2, -0.15) is 0 Å². The molecule has 0 radical (unpaired) electrons. The molecule has 3 heteroatoms. The number of nitrogens with one attached hydrogen (secondary N) is 1. The van der Waals surface area contributed by atoms with Gasteiger partial charge in [-0.15, -0.1) is 0 Å². The lowest BCUT2D eigenvalue weighted by molar-refractivity contribution is 0.517. The summed E-state index contributed by atoms with van der Waals surface area (Å²) in [5.74, 6) is 1.13. The van der Waals surface area contributed by atoms with Crippen LogP contribution < -0.4 is 0 Å². The van der Waals surface area contributed by atoms with E-state index in [1.165, 1.54) is 62.5 Å². The summed E-state index contributed by atoms with van der Waals surface area (Å²) in [6.07, 6.45) is 11.5. The summed E-state index contributed by atoms with van der Waals surface area (Å²) in [6, 6.07) is 8.61. The van der Waals surface area contributed by atoms with Crippen molar-refractivity contribution < 1.29 is 0 Å². The zero-order chi connectivity index (χ0) is 15.0. The minimum absolute atomic E-state index is 0.297. The van der Waals surface area contributed by atoms with Gasteiger partial charge < -0.3 is 4.98 Å². The minimum Gasteiger partial charge on any atom is -0.332 e. The lowest BCUT2D eigenvalue weighted by Crippen LogP contribution is -2.08. The van der Waals surface area contributed by atoms with E-state index in [4.69, 9.17) is 16.6 Å². The molecule has 1 fully saturated rings. The van der Waals surface area contributed by atoms with E-state index >= 15 is 0 Å². The van der Waals surface area contributed by atoms with Crippen LogP contribution in [0.4, 0.5) is 0 Å². The molecule has 2 aromatic rings. The van der Waals surface area contributed by atoms with Crippen molar-refractivity contribution in [2.45, 2.75) is 63.2 Å². The highest BCUT2D eigenvalue weighted by Gasteiger charge is 2.46. The zero-order valence-corrected chi connectivity index (χ0v) is 13.8. The van der Waals surface area contributed by atoms with Gasteiger partial charge in [0.1, 0.15) is 16.7 Å². The SMILES string of the molecule is Clc1[nH]c2nc1-c1ccccc1CCCCCCCC21CC1. The molecule has 1 aliphatic carbocycles. The van der Waals surface area contributed by atoms with Crippen LogP contribution in [-0.2, 0) is 11.8 Å². The van der Waals surface area contributed by atoms with Crippen LogP contribution >= 0.6 is 11.6 Å². The molecule has 4 rings (SSSR count). The molecule has 116 valence electrons. The summed E-state index contributed by atoms with van der Waals surface area (Å²) < 4.78 is 0. The van der Waals surface area contributed by atoms with Crippen molar-refractivity contribution in [1.82, 2.24) is 9.97 Å². The van der Waals surface area contributed by atoms with E-state index in [-0.39, 0.29) is 0 Å². The third kappa shape index (κ3) is 2.58. The van der Waals surface area contributed by atoms with Crippen LogP contribution in [0.25, 0.3) is 11.3 Å². The number of hydrogen-bond acceptors (Lipinski definition) is 1. The molecule has 2 bridgehead atoms. The molecule has 1 spiro atoms. The molecule has 1 N–H and O–H groups in total. The Morgan fingerprint density at radius 2 is 1.73 bits per heavy atom. The van der Waals surface area contributed by atoms with E-state index in [0.29, 0.717) is 10.6 Å². The molecule has 0 unspecified atom stereocenters. The number of halogens is 1. The van der Waals surface area contributed by atoms with Crippen LogP contribution in [0.15, 0.2) is 24.3 Å². The van der Waals surface area contributed by atoms with E-state index in [1.807, 2.05) is 0 Å². The number of hydrogen-bond donors (Lipinski definition) is 1. The quantitative estimate of drug-likeness (QED) is 0.668. The van der Waals surface area contributed by atoms with Gasteiger partial charge in [0.05, 0.1) is 0 Å². The molecule has 2 aliphatic rings. The molecule has 2 heterocycles. The third-order valence-electron chi connectivity index (χ3n) is 5.39. The monoisotopic (exact) mass is 314 g/mol. The van der Waals surface area contributed by atoms with E-state index in [0.717, 1.165) is 17.9 Å². The molecular formula is C19H23ClN2. The van der Waals surface area contributed by atoms with Crippen molar-refractivity contribution in [3.63, 3.8) is 0 Å². The average Bonchev–Trinajstić information content (AvgIpc) is 3.21. The fourth-order valence-electron chi connectivity index (χ4n) is 3.82. The van der Waals surface area contributed by atoms with Crippen molar-refractivity contribution >= 4 is 11.6 Å². The van der Waals surface area contributed by atoms with Gasteiger partial charge in [0, 0.05) is 11.0 Å². The molecule has 1 aliphatic heterocycles. The molecule has 2 nitrogen and oxygen atoms in total. The maximum absolute atomic E-state index is 6.52. The Kier molecular flexibility index (Phi) is 3.73. The molecule has 1 aromatic heterocycles. The first-order chi connectivity index (χ1) is 10.8. The topological polar surface area (TPSA) is 28.7 Å². The van der Waals surface area contributed by atoms with Crippen LogP contribution in [0.2, 0.25) is 5.15 Å². The van der Waals surface area contributed by atoms with E-state index in [1.54, 1.807) is 0 Å². The van der Waals surface area contributed by atoms with E-state index in [9.17, 15) is 0 Å². The largest absolute Gasteiger partial charge is 0.332 e. The van der Waals surface area contributed by atoms with Crippen LogP contribution in [0.5, 0.6) is 0 Å². The van der Waals surface area contributed by atoms with Crippen LogP contribution in [0.3, 0.4) is 0 Å². The summed E-state index contributed by atoms with van der Waals surface area (Å²) in [7, 11) is 0. The maximum Gasteiger partial charge on any atom is 0.134 e. The van der Waals surface area contributed by atoms with Gasteiger partial charge in [-0.05, 0) is 37.7 Å². The van der Waals surface area contributed by atoms with Gasteiger partial charge in [0.25, 0.3) is 0 Å². The number of aryl methyl sites for hydroxylation is 1. The standard InChI is InChI=1S/C19H23ClN2/c20-17-16-15-10-6-5-9-14(15)8-4-2-1-3-7-11-19(12-13-19)18(21-16)22-17/h5-6,9-10H,1-4,7-8,11-13H2,(H,21,22). The second kappa shape index (κ2) is 5.73. The van der Waals surface area contributed by atoms with Crippen molar-refractivity contribution in [3.05, 3.63) is 40.8 Å². The third-order valence-corrected chi connectivity index (χ3v) is 5.66. The zero-order valence-electron chi connectivity index (χ0n) is 13.0. The fraction of sp³-hybridized carbons (Fsp3) is 0.526. The van der Waals surface area contributed by atoms with Crippen LogP contribution in [0, 0.1) is 0 Å². The van der Waals surface area contributed by atoms with Gasteiger partial charge in [-0.25, -0.2) is 4.98 Å². The molecule has 22 heavy (non-hydrogen) atoms. The first kappa shape index (κ1) is 14.3. The number of imidazole rings is 1. The Balaban J connectivity index is 1.77. The Hall–Kier alpha value is -1.28. The highest BCUT2D eigenvalue weighted by atomic mass is 35.5. The van der Waals surface area contributed by atoms with Gasteiger partial charge in [-0.1, -0.05) is 61.5 Å². The molecule has 0 atom stereocenters. The van der Waals surface area contributed by atoms with Gasteiger partial charge in [0.15, 0.2) is 0 Å². The number of fused-ring (bicyclic) bond motifs is 5. The summed E-state index contributed by atoms with van der Waals surface area (Å²) in [5.41, 5.74) is 3.85. The highest BCUT2D eigenvalue weighted by molar-refractivity contribution is 6.32. The smallest absolute Gasteiger partial charge is 0.134 e. The Morgan fingerprint density at radius 3 is 2.59 bits per heavy atom. The number of aromatic amines is 1. The van der Waals surface area contributed by atoms with Crippen LogP contribution in [-0.4, -0.2) is 9.97 Å². The van der Waals surface area contributed by atoms with Crippen molar-refractivity contribution in [1.29, 1.82) is 0 Å². The first-order valence-corrected chi connectivity index (χ1v) is 9.01. The normalized spacial score (nSPS) is 20.6. The van der Waals surface area contributed by atoms with Crippen molar-refractivity contribution in [2.75, 3.05) is 0 Å². The van der Waals surface area contributed by atoms with Crippen LogP contribution in [0.1, 0.15) is 62.8 Å². The van der Waals surface area contributed by atoms with Gasteiger partial charge >= 0.3 is 0 Å². The lowest BCUT2D eigenvalue weighted by Gasteiger charge is -2.11. The minimum atomic E-state index is 0.297. The van der Waals surface area contributed by atoms with E-state index in [2.05, 4.69) is 29.2 Å². The summed E-state index contributed by atoms with van der Waals surface area (Å²) >= 11 is 6.52. The maximum atomic E-state index is 6.52. The van der Waals surface area contributed by atoms with Crippen molar-refractivity contribution in [3.8, 4) is 11.3 Å². The summed E-state index contributed by atoms with van der Waals surface area (Å²) in [4.78, 5) is 8.34. The predicted octanol–water partition coefficient (Wildman–Crippen LogP) is 5.66.